The molecular formula is C25H22N2O3S2. The van der Waals surface area contributed by atoms with Crippen molar-refractivity contribution in [1.82, 2.24) is 9.97 Å². The zero-order valence-corrected chi connectivity index (χ0v) is 19.4. The first kappa shape index (κ1) is 22.2. The molecule has 0 fully saturated rings. The molecule has 4 aromatic rings. The van der Waals surface area contributed by atoms with Gasteiger partial charge in [-0.05, 0) is 47.5 Å². The normalized spacial score (nSPS) is 10.9. The third kappa shape index (κ3) is 4.89. The Hall–Kier alpha value is -3.03. The van der Waals surface area contributed by atoms with Gasteiger partial charge in [-0.2, -0.15) is 0 Å². The molecule has 0 amide bonds. The lowest BCUT2D eigenvalue weighted by Gasteiger charge is -2.10. The highest BCUT2D eigenvalue weighted by atomic mass is 32.2. The topological polar surface area (TPSA) is 72.0 Å². The van der Waals surface area contributed by atoms with Crippen LogP contribution >= 0.6 is 23.5 Å². The summed E-state index contributed by atoms with van der Waals surface area (Å²) in [5.41, 5.74) is 1.08. The number of nitrogens with one attached hydrogen (secondary N) is 1. The molecule has 0 radical (unpaired) electrons. The number of carbonyl (C=O) groups is 1. The van der Waals surface area contributed by atoms with Gasteiger partial charge in [0.2, 0.25) is 0 Å². The molecule has 32 heavy (non-hydrogen) atoms. The van der Waals surface area contributed by atoms with Crippen LogP contribution < -0.4 is 10.3 Å². The van der Waals surface area contributed by atoms with E-state index >= 15 is 0 Å². The van der Waals surface area contributed by atoms with Crippen molar-refractivity contribution in [3.63, 3.8) is 0 Å². The van der Waals surface area contributed by atoms with Crippen LogP contribution in [-0.2, 0) is 6.42 Å². The number of aromatic nitrogens is 2. The third-order valence-electron chi connectivity index (χ3n) is 5.02. The molecule has 0 atom stereocenters. The lowest BCUT2D eigenvalue weighted by molar-refractivity contribution is 0.102. The van der Waals surface area contributed by atoms with Crippen LogP contribution in [0, 0.1) is 0 Å². The van der Waals surface area contributed by atoms with Crippen LogP contribution in [0.25, 0.3) is 10.8 Å². The molecule has 7 heteroatoms. The number of ether oxygens (including phenoxy) is 1. The molecule has 3 aromatic carbocycles. The predicted molar refractivity (Wildman–Crippen MR) is 130 cm³/mol. The Labute approximate surface area is 194 Å². The minimum Gasteiger partial charge on any atom is -0.497 e. The van der Waals surface area contributed by atoms with Crippen molar-refractivity contribution < 1.29 is 9.53 Å². The van der Waals surface area contributed by atoms with Crippen molar-refractivity contribution in [3.8, 4) is 5.75 Å². The van der Waals surface area contributed by atoms with E-state index in [4.69, 9.17) is 9.72 Å². The Morgan fingerprint density at radius 2 is 1.78 bits per heavy atom. The summed E-state index contributed by atoms with van der Waals surface area (Å²) in [7, 11) is 1.59. The molecule has 0 aliphatic heterocycles. The Balaban J connectivity index is 1.58. The van der Waals surface area contributed by atoms with Gasteiger partial charge in [-0.3, -0.25) is 9.59 Å². The predicted octanol–water partition coefficient (Wildman–Crippen LogP) is 5.62. The number of ketones is 1. The van der Waals surface area contributed by atoms with Crippen LogP contribution in [0.15, 0.2) is 86.6 Å². The van der Waals surface area contributed by atoms with E-state index in [1.807, 2.05) is 31.2 Å². The number of hydrogen-bond donors (Lipinski definition) is 1. The molecule has 1 heterocycles. The van der Waals surface area contributed by atoms with Gasteiger partial charge in [0.25, 0.3) is 5.56 Å². The molecule has 0 bridgehead atoms. The summed E-state index contributed by atoms with van der Waals surface area (Å²) in [5, 5.41) is 3.37. The number of thioether (sulfide) groups is 1. The van der Waals surface area contributed by atoms with E-state index < -0.39 is 0 Å². The van der Waals surface area contributed by atoms with Gasteiger partial charge in [-0.25, -0.2) is 4.98 Å². The third-order valence-corrected chi connectivity index (χ3v) is 7.00. The minimum absolute atomic E-state index is 0.0388. The molecule has 0 aliphatic rings. The summed E-state index contributed by atoms with van der Waals surface area (Å²) in [6.45, 7) is 1.94. The lowest BCUT2D eigenvalue weighted by atomic mass is 10.1. The van der Waals surface area contributed by atoms with Gasteiger partial charge in [-0.1, -0.05) is 66.8 Å². The highest BCUT2D eigenvalue weighted by Gasteiger charge is 2.15. The van der Waals surface area contributed by atoms with E-state index in [1.165, 1.54) is 23.5 Å². The maximum absolute atomic E-state index is 12.7. The van der Waals surface area contributed by atoms with Crippen molar-refractivity contribution in [1.29, 1.82) is 0 Å². The Bertz CT molecular complexity index is 1310. The van der Waals surface area contributed by atoms with E-state index in [1.54, 1.807) is 31.4 Å². The standard InChI is InChI=1S/C25H22N2O3S2/c1-3-19-23(29)26-25(31-15-21(28)17-11-13-18(30-2)14-12-17)27-24(19)32-22-10-6-8-16-7-4-5-9-20(16)22/h4-14H,3,15H2,1-2H3,(H,26,27,29). The summed E-state index contributed by atoms with van der Waals surface area (Å²) >= 11 is 2.72. The molecule has 1 N–H and O–H groups in total. The number of carbonyl (C=O) groups excluding carboxylic acids is 1. The average Bonchev–Trinajstić information content (AvgIpc) is 2.83. The molecule has 0 aliphatic carbocycles. The monoisotopic (exact) mass is 462 g/mol. The molecule has 0 spiro atoms. The van der Waals surface area contributed by atoms with Crippen molar-refractivity contribution in [2.75, 3.05) is 12.9 Å². The fraction of sp³-hybridized carbons (Fsp3) is 0.160. The molecule has 1 aromatic heterocycles. The fourth-order valence-electron chi connectivity index (χ4n) is 3.30. The van der Waals surface area contributed by atoms with Crippen molar-refractivity contribution in [3.05, 3.63) is 88.2 Å². The molecule has 0 saturated heterocycles. The van der Waals surface area contributed by atoms with Gasteiger partial charge in [0.05, 0.1) is 12.9 Å². The number of fused-ring (bicyclic) bond motifs is 1. The van der Waals surface area contributed by atoms with Gasteiger partial charge in [-0.15, -0.1) is 0 Å². The molecule has 162 valence electrons. The maximum atomic E-state index is 12.7. The van der Waals surface area contributed by atoms with E-state index in [-0.39, 0.29) is 17.1 Å². The second kappa shape index (κ2) is 10.1. The Kier molecular flexibility index (Phi) is 6.97. The SMILES string of the molecule is CCc1c(Sc2cccc3ccccc23)nc(SCC(=O)c2ccc(OC)cc2)[nH]c1=O. The van der Waals surface area contributed by atoms with Crippen LogP contribution in [0.5, 0.6) is 5.75 Å². The summed E-state index contributed by atoms with van der Waals surface area (Å²) in [4.78, 5) is 33.8. The molecule has 0 unspecified atom stereocenters. The van der Waals surface area contributed by atoms with Crippen LogP contribution in [0.3, 0.4) is 0 Å². The van der Waals surface area contributed by atoms with Crippen LogP contribution in [-0.4, -0.2) is 28.6 Å². The number of hydrogen-bond acceptors (Lipinski definition) is 6. The average molecular weight is 463 g/mol. The summed E-state index contributed by atoms with van der Waals surface area (Å²) in [6.07, 6.45) is 0.575. The number of nitrogens with zero attached hydrogens (tertiary/aromatic N) is 1. The largest absolute Gasteiger partial charge is 0.497 e. The van der Waals surface area contributed by atoms with Gasteiger partial charge < -0.3 is 9.72 Å². The second-order valence-electron chi connectivity index (χ2n) is 7.03. The first-order valence-electron chi connectivity index (χ1n) is 10.2. The van der Waals surface area contributed by atoms with E-state index in [0.717, 1.165) is 15.7 Å². The van der Waals surface area contributed by atoms with Crippen molar-refractivity contribution >= 4 is 40.1 Å². The first-order chi connectivity index (χ1) is 15.6. The second-order valence-corrected chi connectivity index (χ2v) is 9.02. The van der Waals surface area contributed by atoms with E-state index in [0.29, 0.717) is 33.5 Å². The Morgan fingerprint density at radius 1 is 1.03 bits per heavy atom. The van der Waals surface area contributed by atoms with Crippen LogP contribution in [0.4, 0.5) is 0 Å². The van der Waals surface area contributed by atoms with Crippen molar-refractivity contribution in [2.24, 2.45) is 0 Å². The molecular weight excluding hydrogens is 440 g/mol. The zero-order chi connectivity index (χ0) is 22.5. The number of benzene rings is 3. The minimum atomic E-state index is -0.162. The van der Waals surface area contributed by atoms with Gasteiger partial charge >= 0.3 is 0 Å². The highest BCUT2D eigenvalue weighted by molar-refractivity contribution is 8.00. The molecule has 0 saturated carbocycles. The first-order valence-corrected chi connectivity index (χ1v) is 12.0. The number of H-pyrrole nitrogens is 1. The van der Waals surface area contributed by atoms with Crippen LogP contribution in [0.2, 0.25) is 0 Å². The number of aromatic amines is 1. The summed E-state index contributed by atoms with van der Waals surface area (Å²) in [5.74, 6) is 0.840. The zero-order valence-electron chi connectivity index (χ0n) is 17.8. The number of methoxy groups -OCH3 is 1. The van der Waals surface area contributed by atoms with Crippen molar-refractivity contribution in [2.45, 2.75) is 28.4 Å². The quantitative estimate of drug-likeness (QED) is 0.159. The van der Waals surface area contributed by atoms with E-state index in [2.05, 4.69) is 23.2 Å². The van der Waals surface area contributed by atoms with Gasteiger partial charge in [0, 0.05) is 16.0 Å². The maximum Gasteiger partial charge on any atom is 0.255 e. The number of Topliss-reactive ketones (excluding diaryl/α,β-unsaturated/α-hetero) is 1. The molecule has 4 rings (SSSR count). The van der Waals surface area contributed by atoms with Crippen LogP contribution in [0.1, 0.15) is 22.8 Å². The smallest absolute Gasteiger partial charge is 0.255 e. The summed E-state index contributed by atoms with van der Waals surface area (Å²) < 4.78 is 5.13. The molecule has 5 nitrogen and oxygen atoms in total. The van der Waals surface area contributed by atoms with Gasteiger partial charge in [0.15, 0.2) is 10.9 Å². The van der Waals surface area contributed by atoms with Gasteiger partial charge in [0.1, 0.15) is 10.8 Å². The summed E-state index contributed by atoms with van der Waals surface area (Å²) in [6, 6.07) is 21.2. The number of rotatable bonds is 8. The van der Waals surface area contributed by atoms with E-state index in [9.17, 15) is 9.59 Å². The highest BCUT2D eigenvalue weighted by Crippen LogP contribution is 2.34. The fourth-order valence-corrected chi connectivity index (χ4v) is 5.27. The Morgan fingerprint density at radius 3 is 2.53 bits per heavy atom. The lowest BCUT2D eigenvalue weighted by Crippen LogP contribution is -2.16.